The lowest BCUT2D eigenvalue weighted by Crippen LogP contribution is -2.31. The molecule has 1 aliphatic heterocycles. The van der Waals surface area contributed by atoms with E-state index in [0.717, 1.165) is 22.8 Å². The van der Waals surface area contributed by atoms with Crippen LogP contribution in [0.3, 0.4) is 0 Å². The molecular formula is C18H19N3OS. The van der Waals surface area contributed by atoms with Gasteiger partial charge in [-0.2, -0.15) is 0 Å². The molecule has 1 aromatic carbocycles. The number of nitrogens with zero attached hydrogens (tertiary/aromatic N) is 3. The van der Waals surface area contributed by atoms with Crippen LogP contribution in [0.1, 0.15) is 16.7 Å². The third-order valence-electron chi connectivity index (χ3n) is 3.80. The number of pyridine rings is 1. The molecule has 5 heteroatoms. The molecule has 0 aliphatic carbocycles. The van der Waals surface area contributed by atoms with Gasteiger partial charge in [0.2, 0.25) is 5.91 Å². The van der Waals surface area contributed by atoms with Crippen LogP contribution in [0.4, 0.5) is 5.69 Å². The number of benzene rings is 1. The zero-order valence-corrected chi connectivity index (χ0v) is 14.1. The van der Waals surface area contributed by atoms with Gasteiger partial charge in [-0.15, -0.1) is 0 Å². The molecule has 0 N–H and O–H groups in total. The highest BCUT2D eigenvalue weighted by Crippen LogP contribution is 2.26. The molecule has 0 radical (unpaired) electrons. The van der Waals surface area contributed by atoms with Crippen molar-refractivity contribution in [3.8, 4) is 0 Å². The second-order valence-electron chi connectivity index (χ2n) is 5.62. The van der Waals surface area contributed by atoms with Crippen LogP contribution >= 0.6 is 11.8 Å². The molecule has 23 heavy (non-hydrogen) atoms. The molecule has 1 saturated heterocycles. The molecule has 0 atom stereocenters. The third kappa shape index (κ3) is 3.79. The second kappa shape index (κ2) is 6.96. The minimum absolute atomic E-state index is 0.132. The number of carbonyl (C=O) groups excluding carboxylic acids is 1. The minimum Gasteiger partial charge on any atom is -0.290 e. The average molecular weight is 325 g/mol. The average Bonchev–Trinajstić information content (AvgIpc) is 2.89. The van der Waals surface area contributed by atoms with Gasteiger partial charge in [0.1, 0.15) is 0 Å². The molecule has 0 saturated carbocycles. The van der Waals surface area contributed by atoms with Crippen LogP contribution < -0.4 is 0 Å². The Labute approximate surface area is 140 Å². The Hall–Kier alpha value is -2.14. The van der Waals surface area contributed by atoms with Crippen molar-refractivity contribution >= 4 is 28.5 Å². The summed E-state index contributed by atoms with van der Waals surface area (Å²) in [5.41, 5.74) is 4.46. The lowest BCUT2D eigenvalue weighted by atomic mass is 10.1. The van der Waals surface area contributed by atoms with E-state index in [-0.39, 0.29) is 5.91 Å². The fourth-order valence-electron chi connectivity index (χ4n) is 2.53. The maximum atomic E-state index is 12.1. The monoisotopic (exact) mass is 325 g/mol. The highest BCUT2D eigenvalue weighted by Gasteiger charge is 2.27. The topological polar surface area (TPSA) is 45.6 Å². The predicted octanol–water partition coefficient (Wildman–Crippen LogP) is 3.50. The first kappa shape index (κ1) is 15.7. The number of aromatic nitrogens is 1. The van der Waals surface area contributed by atoms with E-state index in [4.69, 9.17) is 4.99 Å². The summed E-state index contributed by atoms with van der Waals surface area (Å²) < 4.78 is 0. The van der Waals surface area contributed by atoms with E-state index >= 15 is 0 Å². The number of hydrogen-bond donors (Lipinski definition) is 0. The fourth-order valence-corrected chi connectivity index (χ4v) is 3.45. The van der Waals surface area contributed by atoms with Crippen molar-refractivity contribution in [3.63, 3.8) is 0 Å². The van der Waals surface area contributed by atoms with E-state index in [1.165, 1.54) is 22.9 Å². The molecule has 0 bridgehead atoms. The number of carbonyl (C=O) groups is 1. The molecular weight excluding hydrogens is 306 g/mol. The molecule has 1 amide bonds. The summed E-state index contributed by atoms with van der Waals surface area (Å²) in [6.07, 6.45) is 4.36. The van der Waals surface area contributed by atoms with Crippen molar-refractivity contribution in [2.24, 2.45) is 4.99 Å². The Bertz CT molecular complexity index is 743. The van der Waals surface area contributed by atoms with Gasteiger partial charge in [0.05, 0.1) is 11.4 Å². The first-order valence-electron chi connectivity index (χ1n) is 7.61. The van der Waals surface area contributed by atoms with Gasteiger partial charge < -0.3 is 0 Å². The maximum Gasteiger partial charge on any atom is 0.239 e. The minimum atomic E-state index is 0.132. The summed E-state index contributed by atoms with van der Waals surface area (Å²) >= 11 is 1.52. The van der Waals surface area contributed by atoms with Crippen LogP contribution in [0.25, 0.3) is 0 Å². The first-order valence-corrected chi connectivity index (χ1v) is 8.60. The molecule has 1 aliphatic rings. The van der Waals surface area contributed by atoms with E-state index < -0.39 is 0 Å². The zero-order valence-electron chi connectivity index (χ0n) is 13.3. The molecule has 1 fully saturated rings. The van der Waals surface area contributed by atoms with Gasteiger partial charge in [0.25, 0.3) is 0 Å². The van der Waals surface area contributed by atoms with Crippen LogP contribution in [-0.4, -0.2) is 33.3 Å². The largest absolute Gasteiger partial charge is 0.290 e. The van der Waals surface area contributed by atoms with Crippen LogP contribution in [0.5, 0.6) is 0 Å². The van der Waals surface area contributed by atoms with Gasteiger partial charge >= 0.3 is 0 Å². The van der Waals surface area contributed by atoms with E-state index in [1.54, 1.807) is 17.3 Å². The first-order chi connectivity index (χ1) is 11.1. The van der Waals surface area contributed by atoms with Crippen molar-refractivity contribution in [1.82, 2.24) is 9.88 Å². The zero-order chi connectivity index (χ0) is 16.2. The summed E-state index contributed by atoms with van der Waals surface area (Å²) in [6, 6.07) is 10.1. The normalized spacial score (nSPS) is 16.3. The van der Waals surface area contributed by atoms with E-state index in [2.05, 4.69) is 31.0 Å². The Balaban J connectivity index is 1.77. The molecule has 0 spiro atoms. The van der Waals surface area contributed by atoms with E-state index in [0.29, 0.717) is 12.3 Å². The molecule has 3 rings (SSSR count). The van der Waals surface area contributed by atoms with Crippen LogP contribution in [0.15, 0.2) is 47.7 Å². The quantitative estimate of drug-likeness (QED) is 0.864. The highest BCUT2D eigenvalue weighted by molar-refractivity contribution is 8.15. The van der Waals surface area contributed by atoms with E-state index in [9.17, 15) is 4.79 Å². The number of amidine groups is 1. The van der Waals surface area contributed by atoms with Crippen molar-refractivity contribution in [2.45, 2.75) is 20.3 Å². The van der Waals surface area contributed by atoms with Gasteiger partial charge in [-0.3, -0.25) is 14.7 Å². The maximum absolute atomic E-state index is 12.1. The van der Waals surface area contributed by atoms with Gasteiger partial charge in [-0.25, -0.2) is 4.99 Å². The van der Waals surface area contributed by atoms with Crippen molar-refractivity contribution in [3.05, 3.63) is 59.4 Å². The highest BCUT2D eigenvalue weighted by atomic mass is 32.2. The van der Waals surface area contributed by atoms with Gasteiger partial charge in [-0.1, -0.05) is 29.5 Å². The Morgan fingerprint density at radius 1 is 1.22 bits per heavy atom. The summed E-state index contributed by atoms with van der Waals surface area (Å²) in [7, 11) is 0. The lowest BCUT2D eigenvalue weighted by molar-refractivity contribution is -0.124. The third-order valence-corrected chi connectivity index (χ3v) is 4.76. The van der Waals surface area contributed by atoms with E-state index in [1.807, 2.05) is 18.2 Å². The van der Waals surface area contributed by atoms with Crippen LogP contribution in [-0.2, 0) is 11.2 Å². The fraction of sp³-hybridized carbons (Fsp3) is 0.278. The number of rotatable bonds is 4. The smallest absolute Gasteiger partial charge is 0.239 e. The van der Waals surface area contributed by atoms with Crippen molar-refractivity contribution in [1.29, 1.82) is 0 Å². The predicted molar refractivity (Wildman–Crippen MR) is 95.1 cm³/mol. The summed E-state index contributed by atoms with van der Waals surface area (Å²) in [4.78, 5) is 22.7. The Morgan fingerprint density at radius 2 is 2.00 bits per heavy atom. The summed E-state index contributed by atoms with van der Waals surface area (Å²) in [6.45, 7) is 4.77. The molecule has 2 heterocycles. The Morgan fingerprint density at radius 3 is 2.74 bits per heavy atom. The van der Waals surface area contributed by atoms with Crippen LogP contribution in [0.2, 0.25) is 0 Å². The van der Waals surface area contributed by atoms with Gasteiger partial charge in [0, 0.05) is 18.9 Å². The number of aryl methyl sites for hydroxylation is 2. The summed E-state index contributed by atoms with van der Waals surface area (Å²) in [5, 5.41) is 0.802. The van der Waals surface area contributed by atoms with Gasteiger partial charge in [0.15, 0.2) is 5.17 Å². The SMILES string of the molecule is Cc1ccc(N=C2SCC(=O)N2CCc2ccncc2)c(C)c1. The molecule has 118 valence electrons. The number of hydrogen-bond acceptors (Lipinski definition) is 4. The van der Waals surface area contributed by atoms with Gasteiger partial charge in [-0.05, 0) is 49.6 Å². The molecule has 0 unspecified atom stereocenters. The molecule has 1 aromatic heterocycles. The second-order valence-corrected chi connectivity index (χ2v) is 6.57. The number of amides is 1. The van der Waals surface area contributed by atoms with Crippen molar-refractivity contribution < 1.29 is 4.79 Å². The molecule has 4 nitrogen and oxygen atoms in total. The standard InChI is InChI=1S/C18H19N3OS/c1-13-3-4-16(14(2)11-13)20-18-21(17(22)12-23-18)10-7-15-5-8-19-9-6-15/h3-6,8-9,11H,7,10,12H2,1-2H3. The van der Waals surface area contributed by atoms with Crippen molar-refractivity contribution in [2.75, 3.05) is 12.3 Å². The lowest BCUT2D eigenvalue weighted by Gasteiger charge is -2.16. The molecule has 2 aromatic rings. The van der Waals surface area contributed by atoms with Crippen LogP contribution in [0, 0.1) is 13.8 Å². The number of thioether (sulfide) groups is 1. The number of aliphatic imine (C=N–C) groups is 1. The summed E-state index contributed by atoms with van der Waals surface area (Å²) in [5.74, 6) is 0.604. The Kier molecular flexibility index (Phi) is 4.76.